The van der Waals surface area contributed by atoms with E-state index in [4.69, 9.17) is 0 Å². The Morgan fingerprint density at radius 1 is 1.19 bits per heavy atom. The lowest BCUT2D eigenvalue weighted by molar-refractivity contribution is 0.562. The molecule has 0 aliphatic carbocycles. The van der Waals surface area contributed by atoms with E-state index < -0.39 is 9.84 Å². The maximum atomic E-state index is 11.5. The van der Waals surface area contributed by atoms with Gasteiger partial charge in [-0.2, -0.15) is 0 Å². The Bertz CT molecular complexity index is 798. The average Bonchev–Trinajstić information content (AvgIpc) is 3.10. The quantitative estimate of drug-likeness (QED) is 0.534. The van der Waals surface area contributed by atoms with E-state index in [9.17, 15) is 8.42 Å². The fourth-order valence-corrected chi connectivity index (χ4v) is 4.06. The number of hydrogen-bond donors (Lipinski definition) is 2. The Morgan fingerprint density at radius 2 is 1.92 bits per heavy atom. The molecular weight excluding hydrogens is 366 g/mol. The van der Waals surface area contributed by atoms with Crippen LogP contribution in [-0.2, 0) is 22.7 Å². The second-order valence-corrected chi connectivity index (χ2v) is 9.48. The van der Waals surface area contributed by atoms with E-state index in [1.165, 1.54) is 11.1 Å². The molecule has 7 heteroatoms. The lowest BCUT2D eigenvalue weighted by Crippen LogP contribution is -2.40. The van der Waals surface area contributed by atoms with Crippen LogP contribution in [0.5, 0.6) is 0 Å². The lowest BCUT2D eigenvalue weighted by atomic mass is 10.1. The molecule has 0 amide bonds. The highest BCUT2D eigenvalue weighted by molar-refractivity contribution is 7.90. The largest absolute Gasteiger partial charge is 0.356 e. The second kappa shape index (κ2) is 9.73. The van der Waals surface area contributed by atoms with Crippen LogP contribution in [0.4, 0.5) is 0 Å². The average molecular weight is 394 g/mol. The minimum absolute atomic E-state index is 0.353. The summed E-state index contributed by atoms with van der Waals surface area (Å²) in [6, 6.07) is 11.3. The minimum Gasteiger partial charge on any atom is -0.356 e. The second-order valence-electron chi connectivity index (χ2n) is 6.43. The van der Waals surface area contributed by atoms with Crippen molar-refractivity contribution in [3.63, 3.8) is 0 Å². The van der Waals surface area contributed by atoms with Crippen molar-refractivity contribution >= 4 is 27.1 Å². The molecule has 0 bridgehead atoms. The molecule has 1 atom stereocenters. The van der Waals surface area contributed by atoms with E-state index in [-0.39, 0.29) is 0 Å². The van der Waals surface area contributed by atoms with Gasteiger partial charge in [0.25, 0.3) is 0 Å². The molecule has 26 heavy (non-hydrogen) atoms. The molecule has 0 saturated carbocycles. The van der Waals surface area contributed by atoms with Crippen LogP contribution in [0, 0.1) is 5.92 Å². The molecule has 1 unspecified atom stereocenters. The third-order valence-corrected chi connectivity index (χ3v) is 6.06. The van der Waals surface area contributed by atoms with Crippen LogP contribution in [0.2, 0.25) is 0 Å². The first-order chi connectivity index (χ1) is 12.4. The maximum absolute atomic E-state index is 11.5. The summed E-state index contributed by atoms with van der Waals surface area (Å²) in [5.74, 6) is 1.31. The van der Waals surface area contributed by atoms with E-state index in [0.717, 1.165) is 37.5 Å². The number of rotatable bonds is 8. The topological polar surface area (TPSA) is 70.6 Å². The van der Waals surface area contributed by atoms with E-state index in [2.05, 4.69) is 40.1 Å². The fourth-order valence-electron chi connectivity index (χ4n) is 2.56. The summed E-state index contributed by atoms with van der Waals surface area (Å²) in [4.78, 5) is 6.01. The van der Waals surface area contributed by atoms with Crippen molar-refractivity contribution in [2.75, 3.05) is 26.4 Å². The zero-order chi connectivity index (χ0) is 19.0. The van der Waals surface area contributed by atoms with Gasteiger partial charge in [0.1, 0.15) is 0 Å². The zero-order valence-corrected chi connectivity index (χ0v) is 17.2. The Morgan fingerprint density at radius 3 is 2.50 bits per heavy atom. The zero-order valence-electron chi connectivity index (χ0n) is 15.5. The number of benzene rings is 1. The highest BCUT2D eigenvalue weighted by Crippen LogP contribution is 2.13. The van der Waals surface area contributed by atoms with Crippen LogP contribution in [0.1, 0.15) is 17.4 Å². The van der Waals surface area contributed by atoms with Crippen LogP contribution in [0.25, 0.3) is 0 Å². The summed E-state index contributed by atoms with van der Waals surface area (Å²) >= 11 is 1.79. The van der Waals surface area contributed by atoms with E-state index in [0.29, 0.717) is 10.8 Å². The SMILES string of the molecule is CN=C(NCCc1ccc(S(C)(=O)=O)cc1)NCC(C)Cc1cccs1. The molecule has 2 rings (SSSR count). The minimum atomic E-state index is -3.14. The predicted octanol–water partition coefficient (Wildman–Crippen LogP) is 2.74. The third kappa shape index (κ3) is 6.80. The van der Waals surface area contributed by atoms with E-state index >= 15 is 0 Å². The van der Waals surface area contributed by atoms with Gasteiger partial charge in [-0.25, -0.2) is 8.42 Å². The van der Waals surface area contributed by atoms with Crippen LogP contribution in [0.15, 0.2) is 51.7 Å². The first kappa shape index (κ1) is 20.5. The highest BCUT2D eigenvalue weighted by Gasteiger charge is 2.07. The Kier molecular flexibility index (Phi) is 7.66. The molecule has 0 saturated heterocycles. The number of nitrogens with one attached hydrogen (secondary N) is 2. The van der Waals surface area contributed by atoms with Crippen molar-refractivity contribution < 1.29 is 8.42 Å². The highest BCUT2D eigenvalue weighted by atomic mass is 32.2. The van der Waals surface area contributed by atoms with Gasteiger partial charge in [0.15, 0.2) is 15.8 Å². The van der Waals surface area contributed by atoms with Crippen molar-refractivity contribution in [2.24, 2.45) is 10.9 Å². The van der Waals surface area contributed by atoms with Crippen LogP contribution in [0.3, 0.4) is 0 Å². The van der Waals surface area contributed by atoms with Gasteiger partial charge < -0.3 is 10.6 Å². The lowest BCUT2D eigenvalue weighted by Gasteiger charge is -2.15. The molecule has 0 fully saturated rings. The van der Waals surface area contributed by atoms with Gasteiger partial charge in [-0.15, -0.1) is 11.3 Å². The summed E-state index contributed by atoms with van der Waals surface area (Å²) in [7, 11) is -1.37. The summed E-state index contributed by atoms with van der Waals surface area (Å²) < 4.78 is 23.0. The normalized spacial score (nSPS) is 13.4. The van der Waals surface area contributed by atoms with E-state index in [1.807, 2.05) is 12.1 Å². The predicted molar refractivity (Wildman–Crippen MR) is 110 cm³/mol. The summed E-state index contributed by atoms with van der Waals surface area (Å²) in [6.07, 6.45) is 3.09. The molecular formula is C19H27N3O2S2. The van der Waals surface area contributed by atoms with Gasteiger partial charge in [-0.1, -0.05) is 25.1 Å². The van der Waals surface area contributed by atoms with Gasteiger partial charge in [0, 0.05) is 31.3 Å². The molecule has 1 heterocycles. The molecule has 0 aliphatic heterocycles. The van der Waals surface area contributed by atoms with Crippen molar-refractivity contribution in [1.82, 2.24) is 10.6 Å². The molecule has 1 aromatic heterocycles. The van der Waals surface area contributed by atoms with Gasteiger partial charge in [-0.05, 0) is 47.9 Å². The number of guanidine groups is 1. The summed E-state index contributed by atoms with van der Waals surface area (Å²) in [5, 5.41) is 8.77. The van der Waals surface area contributed by atoms with Crippen molar-refractivity contribution in [3.8, 4) is 0 Å². The number of sulfone groups is 1. The fraction of sp³-hybridized carbons (Fsp3) is 0.421. The third-order valence-electron chi connectivity index (χ3n) is 4.03. The van der Waals surface area contributed by atoms with Crippen molar-refractivity contribution in [2.45, 2.75) is 24.7 Å². The first-order valence-electron chi connectivity index (χ1n) is 8.64. The van der Waals surface area contributed by atoms with Crippen LogP contribution >= 0.6 is 11.3 Å². The molecule has 142 valence electrons. The van der Waals surface area contributed by atoms with Crippen LogP contribution in [-0.4, -0.2) is 40.8 Å². The van der Waals surface area contributed by atoms with Gasteiger partial charge in [0.2, 0.25) is 0 Å². The molecule has 2 aromatic rings. The number of nitrogens with zero attached hydrogens (tertiary/aromatic N) is 1. The van der Waals surface area contributed by atoms with E-state index in [1.54, 1.807) is 30.5 Å². The van der Waals surface area contributed by atoms with Gasteiger partial charge >= 0.3 is 0 Å². The standard InChI is InChI=1S/C19H27N3O2S2/c1-15(13-17-5-4-12-25-17)14-22-19(20-2)21-11-10-16-6-8-18(9-7-16)26(3,23)24/h4-9,12,15H,10-11,13-14H2,1-3H3,(H2,20,21,22). The molecule has 5 nitrogen and oxygen atoms in total. The summed E-state index contributed by atoms with van der Waals surface area (Å²) in [5.41, 5.74) is 1.09. The molecule has 1 aromatic carbocycles. The number of hydrogen-bond acceptors (Lipinski definition) is 4. The van der Waals surface area contributed by atoms with Gasteiger partial charge in [-0.3, -0.25) is 4.99 Å². The first-order valence-corrected chi connectivity index (χ1v) is 11.4. The van der Waals surface area contributed by atoms with Crippen molar-refractivity contribution in [3.05, 3.63) is 52.2 Å². The molecule has 2 N–H and O–H groups in total. The Hall–Kier alpha value is -1.86. The number of aliphatic imine (C=N–C) groups is 1. The van der Waals surface area contributed by atoms with Crippen molar-refractivity contribution in [1.29, 1.82) is 0 Å². The molecule has 0 spiro atoms. The number of thiophene rings is 1. The monoisotopic (exact) mass is 393 g/mol. The van der Waals surface area contributed by atoms with Crippen LogP contribution < -0.4 is 10.6 Å². The Balaban J connectivity index is 1.73. The summed E-state index contributed by atoms with van der Waals surface area (Å²) in [6.45, 7) is 3.82. The van der Waals surface area contributed by atoms with Gasteiger partial charge in [0.05, 0.1) is 4.90 Å². The maximum Gasteiger partial charge on any atom is 0.190 e. The Labute approximate surface area is 160 Å². The molecule has 0 aliphatic rings. The molecule has 0 radical (unpaired) electrons. The smallest absolute Gasteiger partial charge is 0.190 e.